The highest BCUT2D eigenvalue weighted by molar-refractivity contribution is 6.30. The lowest BCUT2D eigenvalue weighted by atomic mass is 10.1. The van der Waals surface area contributed by atoms with Gasteiger partial charge in [-0.2, -0.15) is 0 Å². The standard InChI is InChI=1S/C17H24ClN3O2/c1-12-4-5-15(18)8-16(12)21-7-6-14(10-21)9-19-17(23)11-20(3)13(2)22/h4-5,8,14H,6-7,9-11H2,1-3H3,(H,19,23)/t14-/m1/s1. The Bertz CT molecular complexity index is 591. The Morgan fingerprint density at radius 1 is 1.43 bits per heavy atom. The van der Waals surface area contributed by atoms with Crippen LogP contribution in [0.5, 0.6) is 0 Å². The van der Waals surface area contributed by atoms with Crippen molar-refractivity contribution < 1.29 is 9.59 Å². The molecule has 2 rings (SSSR count). The molecular formula is C17H24ClN3O2. The lowest BCUT2D eigenvalue weighted by Gasteiger charge is -2.21. The van der Waals surface area contributed by atoms with Crippen molar-refractivity contribution in [1.82, 2.24) is 10.2 Å². The Kier molecular flexibility index (Phi) is 5.88. The van der Waals surface area contributed by atoms with E-state index in [1.165, 1.54) is 23.1 Å². The van der Waals surface area contributed by atoms with Gasteiger partial charge >= 0.3 is 0 Å². The lowest BCUT2D eigenvalue weighted by Crippen LogP contribution is -2.39. The van der Waals surface area contributed by atoms with Gasteiger partial charge in [-0.15, -0.1) is 0 Å². The molecule has 0 spiro atoms. The van der Waals surface area contributed by atoms with E-state index in [4.69, 9.17) is 11.6 Å². The summed E-state index contributed by atoms with van der Waals surface area (Å²) in [7, 11) is 1.63. The van der Waals surface area contributed by atoms with Gasteiger partial charge in [0.15, 0.2) is 0 Å². The highest BCUT2D eigenvalue weighted by atomic mass is 35.5. The van der Waals surface area contributed by atoms with Crippen LogP contribution in [0.4, 0.5) is 5.69 Å². The molecule has 1 aliphatic heterocycles. The molecule has 1 saturated heterocycles. The van der Waals surface area contributed by atoms with Crippen molar-refractivity contribution in [1.29, 1.82) is 0 Å². The summed E-state index contributed by atoms with van der Waals surface area (Å²) in [6.45, 7) is 6.16. The van der Waals surface area contributed by atoms with Crippen molar-refractivity contribution in [2.24, 2.45) is 5.92 Å². The molecular weight excluding hydrogens is 314 g/mol. The average Bonchev–Trinajstić information content (AvgIpc) is 2.96. The summed E-state index contributed by atoms with van der Waals surface area (Å²) in [4.78, 5) is 26.7. The Hall–Kier alpha value is -1.75. The number of likely N-dealkylation sites (N-methyl/N-ethyl adjacent to an activating group) is 1. The maximum atomic E-state index is 11.8. The highest BCUT2D eigenvalue weighted by Gasteiger charge is 2.24. The molecule has 1 fully saturated rings. The predicted molar refractivity (Wildman–Crippen MR) is 92.8 cm³/mol. The SMILES string of the molecule is CC(=O)N(C)CC(=O)NC[C@H]1CCN(c2cc(Cl)ccc2C)C1. The van der Waals surface area contributed by atoms with Gasteiger partial charge < -0.3 is 15.1 Å². The second kappa shape index (κ2) is 7.68. The van der Waals surface area contributed by atoms with E-state index >= 15 is 0 Å². The van der Waals surface area contributed by atoms with Crippen LogP contribution >= 0.6 is 11.6 Å². The van der Waals surface area contributed by atoms with E-state index in [0.29, 0.717) is 12.5 Å². The lowest BCUT2D eigenvalue weighted by molar-refractivity contribution is -0.133. The molecule has 126 valence electrons. The first kappa shape index (κ1) is 17.6. The maximum absolute atomic E-state index is 11.8. The Morgan fingerprint density at radius 2 is 2.17 bits per heavy atom. The summed E-state index contributed by atoms with van der Waals surface area (Å²) in [6.07, 6.45) is 1.04. The minimum Gasteiger partial charge on any atom is -0.371 e. The number of hydrogen-bond donors (Lipinski definition) is 1. The van der Waals surface area contributed by atoms with Gasteiger partial charge in [-0.05, 0) is 37.0 Å². The van der Waals surface area contributed by atoms with Crippen LogP contribution in [0.2, 0.25) is 5.02 Å². The molecule has 0 saturated carbocycles. The zero-order valence-electron chi connectivity index (χ0n) is 13.9. The molecule has 0 radical (unpaired) electrons. The van der Waals surface area contributed by atoms with E-state index in [0.717, 1.165) is 24.5 Å². The number of halogens is 1. The van der Waals surface area contributed by atoms with Crippen molar-refractivity contribution in [3.05, 3.63) is 28.8 Å². The molecule has 2 amide bonds. The fourth-order valence-corrected chi connectivity index (χ4v) is 2.95. The molecule has 0 unspecified atom stereocenters. The maximum Gasteiger partial charge on any atom is 0.239 e. The van der Waals surface area contributed by atoms with Crippen LogP contribution in [0.15, 0.2) is 18.2 Å². The van der Waals surface area contributed by atoms with Crippen LogP contribution in [-0.2, 0) is 9.59 Å². The van der Waals surface area contributed by atoms with Crippen molar-refractivity contribution in [3.63, 3.8) is 0 Å². The van der Waals surface area contributed by atoms with Gasteiger partial charge in [-0.25, -0.2) is 0 Å². The monoisotopic (exact) mass is 337 g/mol. The minimum atomic E-state index is -0.111. The van der Waals surface area contributed by atoms with Crippen LogP contribution in [0.3, 0.4) is 0 Å². The number of carbonyl (C=O) groups excluding carboxylic acids is 2. The second-order valence-electron chi connectivity index (χ2n) is 6.21. The van der Waals surface area contributed by atoms with Gasteiger partial charge in [0.05, 0.1) is 6.54 Å². The molecule has 1 N–H and O–H groups in total. The van der Waals surface area contributed by atoms with Crippen LogP contribution in [0.1, 0.15) is 18.9 Å². The van der Waals surface area contributed by atoms with Gasteiger partial charge in [0.1, 0.15) is 0 Å². The van der Waals surface area contributed by atoms with Crippen molar-refractivity contribution in [2.75, 3.05) is 38.1 Å². The van der Waals surface area contributed by atoms with Crippen molar-refractivity contribution in [3.8, 4) is 0 Å². The molecule has 1 aromatic rings. The fourth-order valence-electron chi connectivity index (χ4n) is 2.78. The summed E-state index contributed by atoms with van der Waals surface area (Å²) in [5.74, 6) is 0.198. The third-order valence-electron chi connectivity index (χ3n) is 4.30. The Labute approximate surface area is 142 Å². The first-order valence-corrected chi connectivity index (χ1v) is 8.24. The molecule has 6 heteroatoms. The molecule has 1 heterocycles. The third-order valence-corrected chi connectivity index (χ3v) is 4.54. The van der Waals surface area contributed by atoms with Crippen molar-refractivity contribution >= 4 is 29.1 Å². The van der Waals surface area contributed by atoms with Crippen LogP contribution in [0, 0.1) is 12.8 Å². The van der Waals surface area contributed by atoms with E-state index in [9.17, 15) is 9.59 Å². The molecule has 5 nitrogen and oxygen atoms in total. The number of amides is 2. The number of anilines is 1. The zero-order valence-corrected chi connectivity index (χ0v) is 14.7. The quantitative estimate of drug-likeness (QED) is 0.895. The van der Waals surface area contributed by atoms with Gasteiger partial charge in [-0.1, -0.05) is 17.7 Å². The van der Waals surface area contributed by atoms with E-state index < -0.39 is 0 Å². The smallest absolute Gasteiger partial charge is 0.239 e. The number of rotatable bonds is 5. The summed E-state index contributed by atoms with van der Waals surface area (Å²) < 4.78 is 0. The summed E-state index contributed by atoms with van der Waals surface area (Å²) in [5, 5.41) is 3.67. The summed E-state index contributed by atoms with van der Waals surface area (Å²) >= 11 is 6.09. The molecule has 0 bridgehead atoms. The van der Waals surface area contributed by atoms with E-state index in [-0.39, 0.29) is 18.4 Å². The van der Waals surface area contributed by atoms with Crippen LogP contribution in [-0.4, -0.2) is 49.9 Å². The predicted octanol–water partition coefficient (Wildman–Crippen LogP) is 2.07. The molecule has 0 aromatic heterocycles. The molecule has 1 atom stereocenters. The molecule has 1 aliphatic rings. The molecule has 1 aromatic carbocycles. The van der Waals surface area contributed by atoms with Crippen LogP contribution in [0.25, 0.3) is 0 Å². The number of aryl methyl sites for hydroxylation is 1. The Morgan fingerprint density at radius 3 is 2.87 bits per heavy atom. The van der Waals surface area contributed by atoms with Gasteiger partial charge in [0.2, 0.25) is 11.8 Å². The summed E-state index contributed by atoms with van der Waals surface area (Å²) in [6, 6.07) is 5.93. The zero-order chi connectivity index (χ0) is 17.0. The highest BCUT2D eigenvalue weighted by Crippen LogP contribution is 2.29. The third kappa shape index (κ3) is 4.86. The van der Waals surface area contributed by atoms with Crippen LogP contribution < -0.4 is 10.2 Å². The summed E-state index contributed by atoms with van der Waals surface area (Å²) in [5.41, 5.74) is 2.38. The van der Waals surface area contributed by atoms with E-state index in [1.807, 2.05) is 18.2 Å². The Balaban J connectivity index is 1.83. The number of hydrogen-bond acceptors (Lipinski definition) is 3. The van der Waals surface area contributed by atoms with E-state index in [1.54, 1.807) is 7.05 Å². The van der Waals surface area contributed by atoms with E-state index in [2.05, 4.69) is 17.1 Å². The number of benzene rings is 1. The normalized spacial score (nSPS) is 17.2. The number of nitrogens with zero attached hydrogens (tertiary/aromatic N) is 2. The first-order chi connectivity index (χ1) is 10.9. The number of nitrogens with one attached hydrogen (secondary N) is 1. The second-order valence-corrected chi connectivity index (χ2v) is 6.65. The van der Waals surface area contributed by atoms with Gasteiger partial charge in [0.25, 0.3) is 0 Å². The average molecular weight is 338 g/mol. The largest absolute Gasteiger partial charge is 0.371 e. The number of carbonyl (C=O) groups is 2. The minimum absolute atomic E-state index is 0.108. The molecule has 23 heavy (non-hydrogen) atoms. The van der Waals surface area contributed by atoms with Gasteiger partial charge in [0, 0.05) is 44.3 Å². The molecule has 0 aliphatic carbocycles. The van der Waals surface area contributed by atoms with Crippen molar-refractivity contribution in [2.45, 2.75) is 20.3 Å². The van der Waals surface area contributed by atoms with Gasteiger partial charge in [-0.3, -0.25) is 9.59 Å². The topological polar surface area (TPSA) is 52.7 Å². The first-order valence-electron chi connectivity index (χ1n) is 7.86. The fraction of sp³-hybridized carbons (Fsp3) is 0.529.